The SMILES string of the molecule is CCCOc1ccc(C(=O)N2CCNC(=O)C2)cc1OC. The quantitative estimate of drug-likeness (QED) is 0.881. The summed E-state index contributed by atoms with van der Waals surface area (Å²) in [5, 5.41) is 2.70. The monoisotopic (exact) mass is 292 g/mol. The van der Waals surface area contributed by atoms with Crippen LogP contribution < -0.4 is 14.8 Å². The van der Waals surface area contributed by atoms with E-state index < -0.39 is 0 Å². The normalized spacial score (nSPS) is 14.6. The lowest BCUT2D eigenvalue weighted by molar-refractivity contribution is -0.123. The van der Waals surface area contributed by atoms with Gasteiger partial charge in [-0.25, -0.2) is 0 Å². The standard InChI is InChI=1S/C15H20N2O4/c1-3-8-21-12-5-4-11(9-13(12)20-2)15(19)17-7-6-16-14(18)10-17/h4-5,9H,3,6-8,10H2,1-2H3,(H,16,18). The Morgan fingerprint density at radius 1 is 1.38 bits per heavy atom. The lowest BCUT2D eigenvalue weighted by Crippen LogP contribution is -2.49. The molecule has 0 unspecified atom stereocenters. The van der Waals surface area contributed by atoms with Crippen LogP contribution in [0.1, 0.15) is 23.7 Å². The zero-order valence-electron chi connectivity index (χ0n) is 12.3. The van der Waals surface area contributed by atoms with Crippen LogP contribution in [0.15, 0.2) is 18.2 Å². The van der Waals surface area contributed by atoms with Crippen molar-refractivity contribution in [3.8, 4) is 11.5 Å². The second-order valence-electron chi connectivity index (χ2n) is 4.79. The van der Waals surface area contributed by atoms with Crippen LogP contribution >= 0.6 is 0 Å². The molecule has 1 N–H and O–H groups in total. The lowest BCUT2D eigenvalue weighted by Gasteiger charge is -2.26. The molecular formula is C15H20N2O4. The lowest BCUT2D eigenvalue weighted by atomic mass is 10.1. The summed E-state index contributed by atoms with van der Waals surface area (Å²) in [5.74, 6) is 0.831. The molecule has 0 saturated carbocycles. The van der Waals surface area contributed by atoms with Crippen molar-refractivity contribution in [1.82, 2.24) is 10.2 Å². The number of rotatable bonds is 5. The number of hydrogen-bond acceptors (Lipinski definition) is 4. The van der Waals surface area contributed by atoms with Crippen LogP contribution in [0.2, 0.25) is 0 Å². The molecule has 21 heavy (non-hydrogen) atoms. The maximum atomic E-state index is 12.4. The first-order valence-corrected chi connectivity index (χ1v) is 7.02. The van der Waals surface area contributed by atoms with Crippen LogP contribution in [0.3, 0.4) is 0 Å². The maximum absolute atomic E-state index is 12.4. The van der Waals surface area contributed by atoms with E-state index in [1.54, 1.807) is 18.2 Å². The fourth-order valence-electron chi connectivity index (χ4n) is 2.13. The summed E-state index contributed by atoms with van der Waals surface area (Å²) < 4.78 is 10.8. The summed E-state index contributed by atoms with van der Waals surface area (Å²) in [6.45, 7) is 3.71. The van der Waals surface area contributed by atoms with Gasteiger partial charge in [-0.1, -0.05) is 6.92 Å². The van der Waals surface area contributed by atoms with Crippen molar-refractivity contribution in [2.24, 2.45) is 0 Å². The summed E-state index contributed by atoms with van der Waals surface area (Å²) in [7, 11) is 1.54. The Labute approximate surface area is 124 Å². The van der Waals surface area contributed by atoms with Crippen molar-refractivity contribution >= 4 is 11.8 Å². The molecule has 0 aromatic heterocycles. The van der Waals surface area contributed by atoms with Gasteiger partial charge in [0.2, 0.25) is 5.91 Å². The topological polar surface area (TPSA) is 67.9 Å². The van der Waals surface area contributed by atoms with Crippen molar-refractivity contribution in [2.45, 2.75) is 13.3 Å². The first-order chi connectivity index (χ1) is 10.2. The van der Waals surface area contributed by atoms with Gasteiger partial charge >= 0.3 is 0 Å². The zero-order chi connectivity index (χ0) is 15.2. The molecular weight excluding hydrogens is 272 g/mol. The van der Waals surface area contributed by atoms with E-state index in [-0.39, 0.29) is 18.4 Å². The highest BCUT2D eigenvalue weighted by molar-refractivity contribution is 5.97. The molecule has 1 aliphatic rings. The van der Waals surface area contributed by atoms with Crippen molar-refractivity contribution in [3.63, 3.8) is 0 Å². The number of carbonyl (C=O) groups excluding carboxylic acids is 2. The van der Waals surface area contributed by atoms with E-state index in [0.717, 1.165) is 6.42 Å². The minimum absolute atomic E-state index is 0.0925. The van der Waals surface area contributed by atoms with Gasteiger partial charge in [0.15, 0.2) is 11.5 Å². The number of ether oxygens (including phenoxy) is 2. The Hall–Kier alpha value is -2.24. The highest BCUT2D eigenvalue weighted by Crippen LogP contribution is 2.28. The van der Waals surface area contributed by atoms with Gasteiger partial charge in [0.05, 0.1) is 20.3 Å². The molecule has 0 radical (unpaired) electrons. The molecule has 1 fully saturated rings. The first-order valence-electron chi connectivity index (χ1n) is 7.02. The Morgan fingerprint density at radius 2 is 2.19 bits per heavy atom. The van der Waals surface area contributed by atoms with Gasteiger partial charge in [-0.15, -0.1) is 0 Å². The van der Waals surface area contributed by atoms with Crippen LogP contribution in [0.5, 0.6) is 11.5 Å². The molecule has 1 aromatic rings. The summed E-state index contributed by atoms with van der Waals surface area (Å²) >= 11 is 0. The average Bonchev–Trinajstić information content (AvgIpc) is 2.52. The number of piperazine rings is 1. The van der Waals surface area contributed by atoms with E-state index in [2.05, 4.69) is 5.32 Å². The van der Waals surface area contributed by atoms with Crippen molar-refractivity contribution in [3.05, 3.63) is 23.8 Å². The molecule has 2 amide bonds. The summed E-state index contributed by atoms with van der Waals surface area (Å²) in [6, 6.07) is 5.08. The van der Waals surface area contributed by atoms with Crippen molar-refractivity contribution in [1.29, 1.82) is 0 Å². The number of hydrogen-bond donors (Lipinski definition) is 1. The minimum atomic E-state index is -0.176. The Kier molecular flexibility index (Phi) is 5.03. The third-order valence-electron chi connectivity index (χ3n) is 3.20. The number of nitrogens with zero attached hydrogens (tertiary/aromatic N) is 1. The third kappa shape index (κ3) is 3.65. The van der Waals surface area contributed by atoms with E-state index in [1.807, 2.05) is 6.92 Å². The largest absolute Gasteiger partial charge is 0.493 e. The number of benzene rings is 1. The van der Waals surface area contributed by atoms with Gasteiger partial charge in [0, 0.05) is 18.7 Å². The highest BCUT2D eigenvalue weighted by atomic mass is 16.5. The van der Waals surface area contributed by atoms with Gasteiger partial charge < -0.3 is 19.7 Å². The molecule has 0 bridgehead atoms. The third-order valence-corrected chi connectivity index (χ3v) is 3.20. The molecule has 1 aliphatic heterocycles. The average molecular weight is 292 g/mol. The van der Waals surface area contributed by atoms with E-state index in [0.29, 0.717) is 36.8 Å². The summed E-state index contributed by atoms with van der Waals surface area (Å²) in [5.41, 5.74) is 0.491. The summed E-state index contributed by atoms with van der Waals surface area (Å²) in [6.07, 6.45) is 0.896. The second-order valence-corrected chi connectivity index (χ2v) is 4.79. The molecule has 1 saturated heterocycles. The highest BCUT2D eigenvalue weighted by Gasteiger charge is 2.23. The van der Waals surface area contributed by atoms with Crippen LogP contribution in [0, 0.1) is 0 Å². The van der Waals surface area contributed by atoms with Gasteiger partial charge in [-0.2, -0.15) is 0 Å². The van der Waals surface area contributed by atoms with Crippen LogP contribution in [-0.2, 0) is 4.79 Å². The number of methoxy groups -OCH3 is 1. The fourth-order valence-corrected chi connectivity index (χ4v) is 2.13. The Morgan fingerprint density at radius 3 is 2.86 bits per heavy atom. The van der Waals surface area contributed by atoms with Gasteiger partial charge in [-0.05, 0) is 24.6 Å². The van der Waals surface area contributed by atoms with E-state index in [9.17, 15) is 9.59 Å². The second kappa shape index (κ2) is 6.97. The molecule has 2 rings (SSSR count). The molecule has 1 heterocycles. The number of nitrogens with one attached hydrogen (secondary N) is 1. The molecule has 6 nitrogen and oxygen atoms in total. The van der Waals surface area contributed by atoms with Gasteiger partial charge in [-0.3, -0.25) is 9.59 Å². The molecule has 1 aromatic carbocycles. The van der Waals surface area contributed by atoms with Crippen LogP contribution in [0.25, 0.3) is 0 Å². The van der Waals surface area contributed by atoms with Crippen LogP contribution in [0.4, 0.5) is 0 Å². The smallest absolute Gasteiger partial charge is 0.254 e. The molecule has 0 spiro atoms. The summed E-state index contributed by atoms with van der Waals surface area (Å²) in [4.78, 5) is 25.3. The molecule has 114 valence electrons. The zero-order valence-corrected chi connectivity index (χ0v) is 12.3. The molecule has 0 aliphatic carbocycles. The molecule has 0 atom stereocenters. The van der Waals surface area contributed by atoms with E-state index in [4.69, 9.17) is 9.47 Å². The minimum Gasteiger partial charge on any atom is -0.493 e. The fraction of sp³-hybridized carbons (Fsp3) is 0.467. The van der Waals surface area contributed by atoms with Crippen molar-refractivity contribution < 1.29 is 19.1 Å². The van der Waals surface area contributed by atoms with Crippen molar-refractivity contribution in [2.75, 3.05) is 33.4 Å². The van der Waals surface area contributed by atoms with Crippen LogP contribution in [-0.4, -0.2) is 50.1 Å². The maximum Gasteiger partial charge on any atom is 0.254 e. The Balaban J connectivity index is 2.15. The van der Waals surface area contributed by atoms with E-state index >= 15 is 0 Å². The first kappa shape index (κ1) is 15.2. The number of carbonyl (C=O) groups is 2. The Bertz CT molecular complexity index is 530. The predicted octanol–water partition coefficient (Wildman–Crippen LogP) is 1.06. The molecule has 6 heteroatoms. The van der Waals surface area contributed by atoms with Gasteiger partial charge in [0.1, 0.15) is 0 Å². The van der Waals surface area contributed by atoms with E-state index in [1.165, 1.54) is 12.0 Å². The number of amides is 2. The predicted molar refractivity (Wildman–Crippen MR) is 77.7 cm³/mol. The van der Waals surface area contributed by atoms with Gasteiger partial charge in [0.25, 0.3) is 5.91 Å².